The van der Waals surface area contributed by atoms with Crippen LogP contribution in [0.15, 0.2) is 12.3 Å². The Labute approximate surface area is 129 Å². The molecule has 8 heteroatoms. The van der Waals surface area contributed by atoms with Crippen LogP contribution < -0.4 is 5.73 Å². The van der Waals surface area contributed by atoms with Crippen LogP contribution in [0.3, 0.4) is 0 Å². The molecule has 0 aliphatic carbocycles. The minimum Gasteiger partial charge on any atom is -0.351 e. The summed E-state index contributed by atoms with van der Waals surface area (Å²) in [6, 6.07) is 1.18. The normalized spacial score (nSPS) is 13.9. The molecule has 3 amide bonds. The summed E-state index contributed by atoms with van der Waals surface area (Å²) in [6.07, 6.45) is 2.07. The van der Waals surface area contributed by atoms with Crippen molar-refractivity contribution in [2.24, 2.45) is 5.73 Å². The van der Waals surface area contributed by atoms with E-state index in [2.05, 4.69) is 4.98 Å². The molecule has 0 saturated heterocycles. The fraction of sp³-hybridized carbons (Fsp3) is 0.500. The molecule has 120 valence electrons. The van der Waals surface area contributed by atoms with E-state index in [1.54, 1.807) is 6.07 Å². The van der Waals surface area contributed by atoms with Crippen molar-refractivity contribution in [1.82, 2.24) is 19.8 Å². The van der Waals surface area contributed by atoms with Crippen LogP contribution in [0.1, 0.15) is 21.6 Å². The van der Waals surface area contributed by atoms with Gasteiger partial charge in [0.2, 0.25) is 0 Å². The lowest BCUT2D eigenvalue weighted by Crippen LogP contribution is -2.40. The third-order valence-corrected chi connectivity index (χ3v) is 3.59. The van der Waals surface area contributed by atoms with Gasteiger partial charge in [-0.2, -0.15) is 0 Å². The van der Waals surface area contributed by atoms with E-state index in [0.717, 1.165) is 11.3 Å². The van der Waals surface area contributed by atoms with Gasteiger partial charge in [0.05, 0.1) is 12.1 Å². The molecule has 3 N–H and O–H groups in total. The molecular formula is C14H21N5O3. The second-order valence-corrected chi connectivity index (χ2v) is 5.57. The molecule has 0 aromatic carbocycles. The highest BCUT2D eigenvalue weighted by molar-refractivity contribution is 5.93. The van der Waals surface area contributed by atoms with Gasteiger partial charge in [-0.1, -0.05) is 0 Å². The molecule has 1 aromatic heterocycles. The van der Waals surface area contributed by atoms with E-state index in [4.69, 9.17) is 5.73 Å². The van der Waals surface area contributed by atoms with Crippen LogP contribution in [-0.4, -0.2) is 70.7 Å². The summed E-state index contributed by atoms with van der Waals surface area (Å²) in [5, 5.41) is 10.5. The van der Waals surface area contributed by atoms with E-state index in [1.807, 2.05) is 19.0 Å². The summed E-state index contributed by atoms with van der Waals surface area (Å²) < 4.78 is 0. The molecule has 0 atom stereocenters. The summed E-state index contributed by atoms with van der Waals surface area (Å²) in [6.45, 7) is 1.62. The number of nitrogens with two attached hydrogens (primary N) is 1. The van der Waals surface area contributed by atoms with Crippen LogP contribution in [0.25, 0.3) is 0 Å². The third kappa shape index (κ3) is 3.71. The van der Waals surface area contributed by atoms with Gasteiger partial charge in [-0.25, -0.2) is 9.86 Å². The van der Waals surface area contributed by atoms with E-state index < -0.39 is 11.9 Å². The maximum Gasteiger partial charge on any atom is 0.315 e. The number of fused-ring (bicyclic) bond motifs is 1. The molecule has 0 bridgehead atoms. The summed E-state index contributed by atoms with van der Waals surface area (Å²) >= 11 is 0. The molecule has 1 aliphatic rings. The molecule has 0 fully saturated rings. The zero-order chi connectivity index (χ0) is 16.3. The number of hydroxylamine groups is 2. The zero-order valence-corrected chi connectivity index (χ0v) is 12.8. The minimum atomic E-state index is -0.506. The lowest BCUT2D eigenvalue weighted by Gasteiger charge is -2.27. The molecule has 1 aromatic rings. The van der Waals surface area contributed by atoms with Crippen molar-refractivity contribution >= 4 is 11.9 Å². The van der Waals surface area contributed by atoms with Crippen LogP contribution in [0, 0.1) is 0 Å². The zero-order valence-electron chi connectivity index (χ0n) is 12.8. The first-order valence-electron chi connectivity index (χ1n) is 7.06. The monoisotopic (exact) mass is 307 g/mol. The second-order valence-electron chi connectivity index (χ2n) is 5.57. The van der Waals surface area contributed by atoms with Crippen molar-refractivity contribution in [2.45, 2.75) is 13.0 Å². The molecule has 0 unspecified atom stereocenters. The van der Waals surface area contributed by atoms with Crippen molar-refractivity contribution in [3.8, 4) is 0 Å². The fourth-order valence-corrected chi connectivity index (χ4v) is 2.28. The van der Waals surface area contributed by atoms with Crippen LogP contribution in [-0.2, 0) is 13.0 Å². The molecular weight excluding hydrogens is 286 g/mol. The van der Waals surface area contributed by atoms with E-state index in [0.29, 0.717) is 36.7 Å². The van der Waals surface area contributed by atoms with Gasteiger partial charge in [0, 0.05) is 37.9 Å². The first kappa shape index (κ1) is 16.2. The Hall–Kier alpha value is -2.19. The van der Waals surface area contributed by atoms with E-state index in [-0.39, 0.29) is 6.54 Å². The molecule has 8 nitrogen and oxygen atoms in total. The van der Waals surface area contributed by atoms with E-state index in [9.17, 15) is 14.8 Å². The number of urea groups is 1. The van der Waals surface area contributed by atoms with Gasteiger partial charge in [0.15, 0.2) is 0 Å². The molecule has 1 aliphatic heterocycles. The van der Waals surface area contributed by atoms with Gasteiger partial charge in [0.25, 0.3) is 5.91 Å². The van der Waals surface area contributed by atoms with Crippen molar-refractivity contribution in [3.63, 3.8) is 0 Å². The summed E-state index contributed by atoms with van der Waals surface area (Å²) in [5.74, 6) is -0.506. The highest BCUT2D eigenvalue weighted by Gasteiger charge is 2.22. The minimum absolute atomic E-state index is 0.205. The number of aromatic nitrogens is 1. The quantitative estimate of drug-likeness (QED) is 0.598. The lowest BCUT2D eigenvalue weighted by atomic mass is 10.0. The van der Waals surface area contributed by atoms with Gasteiger partial charge < -0.3 is 15.5 Å². The van der Waals surface area contributed by atoms with Gasteiger partial charge in [-0.15, -0.1) is 0 Å². The number of hydrogen-bond acceptors (Lipinski definition) is 5. The Balaban J connectivity index is 2.11. The Morgan fingerprint density at radius 3 is 2.77 bits per heavy atom. The number of carbonyl (C=O) groups excluding carboxylic acids is 2. The topological polar surface area (TPSA) is 103 Å². The standard InChI is InChI=1S/C14H21N5O3/c1-17(2)5-6-19(22)13(20)10-7-11-9-18(14(15)21)4-3-12(11)16-8-10/h7-8,22H,3-6,9H2,1-2H3,(H2,15,21). The van der Waals surface area contributed by atoms with Gasteiger partial charge >= 0.3 is 6.03 Å². The van der Waals surface area contributed by atoms with Crippen LogP contribution in [0.5, 0.6) is 0 Å². The highest BCUT2D eigenvalue weighted by Crippen LogP contribution is 2.18. The van der Waals surface area contributed by atoms with Crippen molar-refractivity contribution in [3.05, 3.63) is 29.1 Å². The predicted molar refractivity (Wildman–Crippen MR) is 79.3 cm³/mol. The Morgan fingerprint density at radius 1 is 1.41 bits per heavy atom. The van der Waals surface area contributed by atoms with E-state index >= 15 is 0 Å². The maximum absolute atomic E-state index is 12.2. The Morgan fingerprint density at radius 2 is 2.14 bits per heavy atom. The summed E-state index contributed by atoms with van der Waals surface area (Å²) in [7, 11) is 3.72. The maximum atomic E-state index is 12.2. The first-order chi connectivity index (χ1) is 10.4. The fourth-order valence-electron chi connectivity index (χ4n) is 2.28. The lowest BCUT2D eigenvalue weighted by molar-refractivity contribution is -0.0604. The largest absolute Gasteiger partial charge is 0.351 e. The number of rotatable bonds is 4. The van der Waals surface area contributed by atoms with Crippen molar-refractivity contribution in [2.75, 3.05) is 33.7 Å². The molecule has 0 radical (unpaired) electrons. The van der Waals surface area contributed by atoms with Crippen molar-refractivity contribution in [1.29, 1.82) is 0 Å². The Bertz CT molecular complexity index is 576. The van der Waals surface area contributed by atoms with Crippen LogP contribution >= 0.6 is 0 Å². The van der Waals surface area contributed by atoms with Crippen LogP contribution in [0.4, 0.5) is 4.79 Å². The predicted octanol–water partition coefficient (Wildman–Crippen LogP) is -0.0886. The van der Waals surface area contributed by atoms with Gasteiger partial charge in [-0.3, -0.25) is 15.0 Å². The molecule has 2 heterocycles. The smallest absolute Gasteiger partial charge is 0.315 e. The van der Waals surface area contributed by atoms with E-state index in [1.165, 1.54) is 11.1 Å². The average molecular weight is 307 g/mol. The SMILES string of the molecule is CN(C)CCN(O)C(=O)c1cnc2c(c1)CN(C(N)=O)CC2. The Kier molecular flexibility index (Phi) is 4.94. The summed E-state index contributed by atoms with van der Waals surface area (Å²) in [4.78, 5) is 31.1. The number of nitrogens with zero attached hydrogens (tertiary/aromatic N) is 4. The van der Waals surface area contributed by atoms with Gasteiger partial charge in [0.1, 0.15) is 0 Å². The van der Waals surface area contributed by atoms with Crippen molar-refractivity contribution < 1.29 is 14.8 Å². The number of likely N-dealkylation sites (N-methyl/N-ethyl adjacent to an activating group) is 1. The number of primary amides is 1. The molecule has 2 rings (SSSR count). The first-order valence-corrected chi connectivity index (χ1v) is 7.06. The number of pyridine rings is 1. The third-order valence-electron chi connectivity index (χ3n) is 3.59. The van der Waals surface area contributed by atoms with Crippen LogP contribution in [0.2, 0.25) is 0 Å². The number of hydrogen-bond donors (Lipinski definition) is 2. The number of carbonyl (C=O) groups is 2. The molecule has 0 saturated carbocycles. The number of amides is 3. The molecule has 22 heavy (non-hydrogen) atoms. The average Bonchev–Trinajstić information content (AvgIpc) is 2.50. The highest BCUT2D eigenvalue weighted by atomic mass is 16.5. The van der Waals surface area contributed by atoms with Gasteiger partial charge in [-0.05, 0) is 25.7 Å². The second kappa shape index (κ2) is 6.71. The summed E-state index contributed by atoms with van der Waals surface area (Å²) in [5.41, 5.74) is 7.22. The molecule has 0 spiro atoms.